The quantitative estimate of drug-likeness (QED) is 0.714. The first-order valence-electron chi connectivity index (χ1n) is 4.39. The van der Waals surface area contributed by atoms with Gasteiger partial charge in [0.05, 0.1) is 7.11 Å². The molecule has 0 saturated heterocycles. The summed E-state index contributed by atoms with van der Waals surface area (Å²) < 4.78 is 4.55. The van der Waals surface area contributed by atoms with Gasteiger partial charge in [0.2, 0.25) is 0 Å². The average molecular weight is 208 g/mol. The second kappa shape index (κ2) is 4.82. The largest absolute Gasteiger partial charge is 0.469 e. The molecular formula is C9H18ClNO2. The molecule has 1 fully saturated rings. The van der Waals surface area contributed by atoms with Gasteiger partial charge in [-0.15, -0.1) is 12.4 Å². The summed E-state index contributed by atoms with van der Waals surface area (Å²) in [5, 5.41) is 0. The zero-order valence-corrected chi connectivity index (χ0v) is 9.02. The first-order chi connectivity index (χ1) is 5.53. The maximum atomic E-state index is 10.8. The van der Waals surface area contributed by atoms with Crippen molar-refractivity contribution in [3.05, 3.63) is 0 Å². The van der Waals surface area contributed by atoms with Gasteiger partial charge in [-0.25, -0.2) is 0 Å². The molecule has 1 saturated carbocycles. The van der Waals surface area contributed by atoms with E-state index in [1.54, 1.807) is 0 Å². The van der Waals surface area contributed by atoms with Crippen LogP contribution in [0.2, 0.25) is 0 Å². The van der Waals surface area contributed by atoms with Crippen LogP contribution in [0, 0.1) is 5.92 Å². The Morgan fingerprint density at radius 1 is 1.62 bits per heavy atom. The van der Waals surface area contributed by atoms with Gasteiger partial charge >= 0.3 is 5.97 Å². The fraction of sp³-hybridized carbons (Fsp3) is 0.889. The van der Waals surface area contributed by atoms with Gasteiger partial charge in [0.1, 0.15) is 0 Å². The van der Waals surface area contributed by atoms with Gasteiger partial charge in [-0.2, -0.15) is 0 Å². The lowest BCUT2D eigenvalue weighted by atomic mass is 9.68. The minimum atomic E-state index is -0.111. The summed E-state index contributed by atoms with van der Waals surface area (Å²) in [6.07, 6.45) is 3.56. The summed E-state index contributed by atoms with van der Waals surface area (Å²) in [5.41, 5.74) is 5.86. The van der Waals surface area contributed by atoms with Crippen molar-refractivity contribution in [3.8, 4) is 0 Å². The third-order valence-electron chi connectivity index (χ3n) is 2.49. The Morgan fingerprint density at radius 3 is 2.54 bits per heavy atom. The Morgan fingerprint density at radius 2 is 2.15 bits per heavy atom. The number of esters is 1. The van der Waals surface area contributed by atoms with Crippen molar-refractivity contribution in [3.63, 3.8) is 0 Å². The molecule has 0 heterocycles. The number of ether oxygens (including phenoxy) is 1. The topological polar surface area (TPSA) is 52.3 Å². The minimum absolute atomic E-state index is 0. The standard InChI is InChI=1S/C9H17NO2.ClH/c1-9(10)5-7(6-9)3-4-8(11)12-2;/h7H,3-6,10H2,1-2H3;1H. The van der Waals surface area contributed by atoms with Gasteiger partial charge in [0, 0.05) is 12.0 Å². The lowest BCUT2D eigenvalue weighted by molar-refractivity contribution is -0.141. The SMILES string of the molecule is COC(=O)CCC1CC(C)(N)C1.Cl. The summed E-state index contributed by atoms with van der Waals surface area (Å²) in [4.78, 5) is 10.8. The fourth-order valence-electron chi connectivity index (χ4n) is 1.89. The third-order valence-corrected chi connectivity index (χ3v) is 2.49. The second-order valence-corrected chi connectivity index (χ2v) is 4.04. The van der Waals surface area contributed by atoms with Crippen LogP contribution in [0.3, 0.4) is 0 Å². The zero-order valence-electron chi connectivity index (χ0n) is 8.21. The molecule has 0 atom stereocenters. The van der Waals surface area contributed by atoms with E-state index >= 15 is 0 Å². The highest BCUT2D eigenvalue weighted by atomic mass is 35.5. The summed E-state index contributed by atoms with van der Waals surface area (Å²) >= 11 is 0. The van der Waals surface area contributed by atoms with E-state index in [1.807, 2.05) is 0 Å². The summed E-state index contributed by atoms with van der Waals surface area (Å²) in [6, 6.07) is 0. The number of halogens is 1. The number of hydrogen-bond donors (Lipinski definition) is 1. The summed E-state index contributed by atoms with van der Waals surface area (Å²) in [7, 11) is 1.43. The van der Waals surface area contributed by atoms with Gasteiger partial charge < -0.3 is 10.5 Å². The van der Waals surface area contributed by atoms with E-state index in [4.69, 9.17) is 5.73 Å². The molecule has 1 aliphatic carbocycles. The molecule has 4 heteroatoms. The Hall–Kier alpha value is -0.280. The van der Waals surface area contributed by atoms with Crippen LogP contribution in [-0.4, -0.2) is 18.6 Å². The van der Waals surface area contributed by atoms with Crippen LogP contribution in [-0.2, 0) is 9.53 Å². The van der Waals surface area contributed by atoms with Gasteiger partial charge in [-0.05, 0) is 32.1 Å². The third kappa shape index (κ3) is 3.96. The molecule has 78 valence electrons. The lowest BCUT2D eigenvalue weighted by Crippen LogP contribution is -2.49. The van der Waals surface area contributed by atoms with E-state index in [9.17, 15) is 4.79 Å². The highest BCUT2D eigenvalue weighted by Gasteiger charge is 2.36. The van der Waals surface area contributed by atoms with E-state index in [2.05, 4.69) is 11.7 Å². The van der Waals surface area contributed by atoms with Crippen LogP contribution >= 0.6 is 12.4 Å². The smallest absolute Gasteiger partial charge is 0.305 e. The Balaban J connectivity index is 0.00000144. The molecule has 13 heavy (non-hydrogen) atoms. The monoisotopic (exact) mass is 207 g/mol. The van der Waals surface area contributed by atoms with Crippen molar-refractivity contribution in [2.75, 3.05) is 7.11 Å². The normalized spacial score (nSPS) is 31.5. The number of hydrogen-bond acceptors (Lipinski definition) is 3. The maximum absolute atomic E-state index is 10.8. The molecule has 0 amide bonds. The summed E-state index contributed by atoms with van der Waals surface area (Å²) in [5.74, 6) is 0.528. The highest BCUT2D eigenvalue weighted by Crippen LogP contribution is 2.38. The molecule has 1 aliphatic rings. The lowest BCUT2D eigenvalue weighted by Gasteiger charge is -2.42. The molecule has 0 aromatic carbocycles. The van der Waals surface area contributed by atoms with Crippen molar-refractivity contribution in [1.82, 2.24) is 0 Å². The Labute approximate surface area is 85.4 Å². The predicted molar refractivity (Wildman–Crippen MR) is 53.8 cm³/mol. The van der Waals surface area contributed by atoms with Crippen LogP contribution in [0.1, 0.15) is 32.6 Å². The van der Waals surface area contributed by atoms with Crippen molar-refractivity contribution in [2.45, 2.75) is 38.1 Å². The number of carbonyl (C=O) groups excluding carboxylic acids is 1. The minimum Gasteiger partial charge on any atom is -0.469 e. The molecule has 1 rings (SSSR count). The van der Waals surface area contributed by atoms with Crippen LogP contribution in [0.4, 0.5) is 0 Å². The molecule has 2 N–H and O–H groups in total. The summed E-state index contributed by atoms with van der Waals surface area (Å²) in [6.45, 7) is 2.06. The number of nitrogens with two attached hydrogens (primary N) is 1. The molecule has 0 unspecified atom stereocenters. The van der Waals surface area contributed by atoms with Crippen molar-refractivity contribution in [1.29, 1.82) is 0 Å². The fourth-order valence-corrected chi connectivity index (χ4v) is 1.89. The molecule has 0 radical (unpaired) electrons. The molecule has 0 bridgehead atoms. The van der Waals surface area contributed by atoms with E-state index < -0.39 is 0 Å². The molecular weight excluding hydrogens is 190 g/mol. The van der Waals surface area contributed by atoms with Crippen LogP contribution in [0.15, 0.2) is 0 Å². The van der Waals surface area contributed by atoms with Gasteiger partial charge in [-0.3, -0.25) is 4.79 Å². The van der Waals surface area contributed by atoms with E-state index in [-0.39, 0.29) is 23.9 Å². The van der Waals surface area contributed by atoms with Crippen molar-refractivity contribution in [2.24, 2.45) is 11.7 Å². The van der Waals surface area contributed by atoms with Gasteiger partial charge in [0.15, 0.2) is 0 Å². The number of carbonyl (C=O) groups is 1. The molecule has 3 nitrogen and oxygen atoms in total. The van der Waals surface area contributed by atoms with E-state index in [0.29, 0.717) is 12.3 Å². The molecule has 0 aliphatic heterocycles. The second-order valence-electron chi connectivity index (χ2n) is 4.04. The number of methoxy groups -OCH3 is 1. The molecule has 0 aromatic rings. The van der Waals surface area contributed by atoms with Crippen LogP contribution in [0.25, 0.3) is 0 Å². The first-order valence-corrected chi connectivity index (χ1v) is 4.39. The van der Waals surface area contributed by atoms with Crippen LogP contribution in [0.5, 0.6) is 0 Å². The zero-order chi connectivity index (χ0) is 9.19. The maximum Gasteiger partial charge on any atom is 0.305 e. The van der Waals surface area contributed by atoms with E-state index in [1.165, 1.54) is 7.11 Å². The van der Waals surface area contributed by atoms with Gasteiger partial charge in [-0.1, -0.05) is 0 Å². The highest BCUT2D eigenvalue weighted by molar-refractivity contribution is 5.85. The number of rotatable bonds is 3. The van der Waals surface area contributed by atoms with Crippen molar-refractivity contribution >= 4 is 18.4 Å². The van der Waals surface area contributed by atoms with Gasteiger partial charge in [0.25, 0.3) is 0 Å². The van der Waals surface area contributed by atoms with Crippen LogP contribution < -0.4 is 5.73 Å². The molecule has 0 aromatic heterocycles. The van der Waals surface area contributed by atoms with Crippen molar-refractivity contribution < 1.29 is 9.53 Å². The predicted octanol–water partition coefficient (Wildman–Crippen LogP) is 1.49. The average Bonchev–Trinajstić information content (AvgIpc) is 1.96. The Kier molecular flexibility index (Phi) is 4.71. The molecule has 0 spiro atoms. The van der Waals surface area contributed by atoms with E-state index in [0.717, 1.165) is 19.3 Å². The first kappa shape index (κ1) is 12.7. The Bertz CT molecular complexity index is 174.